The number of hydrogen-bond acceptors (Lipinski definition) is 5. The quantitative estimate of drug-likeness (QED) is 0.442. The van der Waals surface area contributed by atoms with Gasteiger partial charge in [-0.3, -0.25) is 14.8 Å². The molecule has 0 bridgehead atoms. The summed E-state index contributed by atoms with van der Waals surface area (Å²) in [6.07, 6.45) is 1.11. The summed E-state index contributed by atoms with van der Waals surface area (Å²) in [4.78, 5) is 24.1. The third-order valence-corrected chi connectivity index (χ3v) is 4.42. The average Bonchev–Trinajstić information content (AvgIpc) is 2.66. The van der Waals surface area contributed by atoms with E-state index in [4.69, 9.17) is 9.94 Å². The average molecular weight is 340 g/mol. The number of ketones is 1. The SMILES string of the molecule is COc1cccc(C(=O)CC2CNc3ccc(C(=O)NO)cc3C2)c1. The Balaban J connectivity index is 1.71. The molecule has 0 saturated heterocycles. The molecule has 1 unspecified atom stereocenters. The van der Waals surface area contributed by atoms with Crippen LogP contribution in [0.15, 0.2) is 42.5 Å². The van der Waals surface area contributed by atoms with Crippen LogP contribution < -0.4 is 15.5 Å². The molecule has 1 aliphatic rings. The highest BCUT2D eigenvalue weighted by Gasteiger charge is 2.22. The molecule has 1 heterocycles. The van der Waals surface area contributed by atoms with Gasteiger partial charge in [-0.15, -0.1) is 0 Å². The van der Waals surface area contributed by atoms with E-state index >= 15 is 0 Å². The van der Waals surface area contributed by atoms with Crippen molar-refractivity contribution >= 4 is 17.4 Å². The second-order valence-corrected chi connectivity index (χ2v) is 6.12. The Hall–Kier alpha value is -2.86. The molecule has 0 radical (unpaired) electrons. The van der Waals surface area contributed by atoms with E-state index in [-0.39, 0.29) is 11.7 Å². The number of hydroxylamine groups is 1. The van der Waals surface area contributed by atoms with Gasteiger partial charge in [0.15, 0.2) is 5.78 Å². The fraction of sp³-hybridized carbons (Fsp3) is 0.263. The van der Waals surface area contributed by atoms with Crippen LogP contribution in [0.3, 0.4) is 0 Å². The number of benzene rings is 2. The van der Waals surface area contributed by atoms with Crippen LogP contribution >= 0.6 is 0 Å². The molecule has 0 aliphatic carbocycles. The number of carbonyl (C=O) groups excluding carboxylic acids is 2. The summed E-state index contributed by atoms with van der Waals surface area (Å²) < 4.78 is 5.16. The molecule has 3 rings (SSSR count). The first-order chi connectivity index (χ1) is 12.1. The van der Waals surface area contributed by atoms with Gasteiger partial charge in [0.05, 0.1) is 7.11 Å². The van der Waals surface area contributed by atoms with Crippen molar-refractivity contribution in [1.29, 1.82) is 0 Å². The van der Waals surface area contributed by atoms with Crippen LogP contribution in [0.2, 0.25) is 0 Å². The smallest absolute Gasteiger partial charge is 0.274 e. The molecule has 0 spiro atoms. The molecule has 1 aliphatic heterocycles. The number of methoxy groups -OCH3 is 1. The van der Waals surface area contributed by atoms with E-state index in [1.165, 1.54) is 0 Å². The number of hydrogen-bond donors (Lipinski definition) is 3. The van der Waals surface area contributed by atoms with Crippen molar-refractivity contribution in [2.45, 2.75) is 12.8 Å². The summed E-state index contributed by atoms with van der Waals surface area (Å²) in [5.74, 6) is 0.326. The van der Waals surface area contributed by atoms with Crippen molar-refractivity contribution < 1.29 is 19.5 Å². The first kappa shape index (κ1) is 17.0. The van der Waals surface area contributed by atoms with Crippen LogP contribution in [0.5, 0.6) is 5.75 Å². The minimum atomic E-state index is -0.544. The standard InChI is InChI=1S/C19H20N2O4/c1-25-16-4-2-3-13(10-16)18(22)8-12-7-15-9-14(19(23)21-24)5-6-17(15)20-11-12/h2-6,9-10,12,20,24H,7-8,11H2,1H3,(H,21,23). The lowest BCUT2D eigenvalue weighted by atomic mass is 9.88. The minimum absolute atomic E-state index is 0.0680. The van der Waals surface area contributed by atoms with Crippen molar-refractivity contribution in [2.75, 3.05) is 19.0 Å². The summed E-state index contributed by atoms with van der Waals surface area (Å²) >= 11 is 0. The van der Waals surface area contributed by atoms with Gasteiger partial charge < -0.3 is 10.1 Å². The van der Waals surface area contributed by atoms with Crippen molar-refractivity contribution in [3.8, 4) is 5.75 Å². The first-order valence-electron chi connectivity index (χ1n) is 8.09. The van der Waals surface area contributed by atoms with Crippen molar-refractivity contribution in [2.24, 2.45) is 5.92 Å². The van der Waals surface area contributed by atoms with Crippen LogP contribution in [0.1, 0.15) is 32.7 Å². The lowest BCUT2D eigenvalue weighted by molar-refractivity contribution is 0.0706. The van der Waals surface area contributed by atoms with E-state index in [0.29, 0.717) is 36.3 Å². The molecule has 1 atom stereocenters. The molecule has 2 aromatic rings. The Morgan fingerprint density at radius 3 is 2.84 bits per heavy atom. The van der Waals surface area contributed by atoms with Gasteiger partial charge in [-0.2, -0.15) is 0 Å². The van der Waals surface area contributed by atoms with E-state index < -0.39 is 5.91 Å². The lowest BCUT2D eigenvalue weighted by Crippen LogP contribution is -2.26. The fourth-order valence-corrected chi connectivity index (χ4v) is 3.10. The number of nitrogens with one attached hydrogen (secondary N) is 2. The molecule has 0 aromatic heterocycles. The molecule has 0 fully saturated rings. The van der Waals surface area contributed by atoms with Gasteiger partial charge in [0.2, 0.25) is 0 Å². The monoisotopic (exact) mass is 340 g/mol. The van der Waals surface area contributed by atoms with Crippen LogP contribution in [0, 0.1) is 5.92 Å². The van der Waals surface area contributed by atoms with Crippen molar-refractivity contribution in [3.05, 3.63) is 59.2 Å². The summed E-state index contributed by atoms with van der Waals surface area (Å²) in [6.45, 7) is 0.703. The number of ether oxygens (including phenoxy) is 1. The second-order valence-electron chi connectivity index (χ2n) is 6.12. The summed E-state index contributed by atoms with van der Waals surface area (Å²) in [6, 6.07) is 12.4. The Morgan fingerprint density at radius 2 is 2.08 bits per heavy atom. The van der Waals surface area contributed by atoms with Crippen LogP contribution in [-0.4, -0.2) is 30.6 Å². The van der Waals surface area contributed by atoms with Gasteiger partial charge in [0.1, 0.15) is 5.75 Å². The Kier molecular flexibility index (Phi) is 5.00. The second kappa shape index (κ2) is 7.36. The third-order valence-electron chi connectivity index (χ3n) is 4.42. The highest BCUT2D eigenvalue weighted by molar-refractivity contribution is 5.97. The predicted octanol–water partition coefficient (Wildman–Crippen LogP) is 2.67. The largest absolute Gasteiger partial charge is 0.497 e. The van der Waals surface area contributed by atoms with E-state index in [0.717, 1.165) is 11.3 Å². The molecule has 0 saturated carbocycles. The number of rotatable bonds is 5. The molecule has 6 heteroatoms. The Bertz CT molecular complexity index is 804. The third kappa shape index (κ3) is 3.80. The molecule has 6 nitrogen and oxygen atoms in total. The predicted molar refractivity (Wildman–Crippen MR) is 93.3 cm³/mol. The van der Waals surface area contributed by atoms with Crippen molar-refractivity contribution in [3.63, 3.8) is 0 Å². The van der Waals surface area contributed by atoms with Crippen molar-refractivity contribution in [1.82, 2.24) is 5.48 Å². The number of Topliss-reactive ketones (excluding diaryl/α,β-unsaturated/α-hetero) is 1. The fourth-order valence-electron chi connectivity index (χ4n) is 3.10. The topological polar surface area (TPSA) is 87.7 Å². The maximum atomic E-state index is 12.5. The first-order valence-corrected chi connectivity index (χ1v) is 8.09. The van der Waals surface area contributed by atoms with Gasteiger partial charge in [0, 0.05) is 29.8 Å². The molecule has 25 heavy (non-hydrogen) atoms. The van der Waals surface area contributed by atoms with Gasteiger partial charge in [-0.05, 0) is 48.2 Å². The normalized spacial score (nSPS) is 15.7. The molecule has 1 amide bonds. The zero-order valence-electron chi connectivity index (χ0n) is 13.9. The lowest BCUT2D eigenvalue weighted by Gasteiger charge is -2.26. The highest BCUT2D eigenvalue weighted by atomic mass is 16.5. The van der Waals surface area contributed by atoms with E-state index in [2.05, 4.69) is 5.32 Å². The zero-order valence-corrected chi connectivity index (χ0v) is 13.9. The highest BCUT2D eigenvalue weighted by Crippen LogP contribution is 2.28. The number of amides is 1. The van der Waals surface area contributed by atoms with Crippen LogP contribution in [0.25, 0.3) is 0 Å². The zero-order chi connectivity index (χ0) is 17.8. The van der Waals surface area contributed by atoms with Crippen LogP contribution in [-0.2, 0) is 6.42 Å². The Morgan fingerprint density at radius 1 is 1.24 bits per heavy atom. The number of carbonyl (C=O) groups is 2. The summed E-state index contributed by atoms with van der Waals surface area (Å²) in [5.41, 5.74) is 4.59. The Labute approximate surface area is 145 Å². The number of fused-ring (bicyclic) bond motifs is 1. The van der Waals surface area contributed by atoms with Gasteiger partial charge in [0.25, 0.3) is 5.91 Å². The molecular weight excluding hydrogens is 320 g/mol. The summed E-state index contributed by atoms with van der Waals surface area (Å²) in [5, 5.41) is 12.1. The van der Waals surface area contributed by atoms with E-state index in [1.807, 2.05) is 12.1 Å². The van der Waals surface area contributed by atoms with Gasteiger partial charge in [-0.25, -0.2) is 5.48 Å². The van der Waals surface area contributed by atoms with Gasteiger partial charge in [-0.1, -0.05) is 12.1 Å². The van der Waals surface area contributed by atoms with Crippen LogP contribution in [0.4, 0.5) is 5.69 Å². The maximum Gasteiger partial charge on any atom is 0.274 e. The summed E-state index contributed by atoms with van der Waals surface area (Å²) in [7, 11) is 1.58. The number of anilines is 1. The maximum absolute atomic E-state index is 12.5. The molecule has 3 N–H and O–H groups in total. The minimum Gasteiger partial charge on any atom is -0.497 e. The van der Waals surface area contributed by atoms with Gasteiger partial charge >= 0.3 is 0 Å². The molecular formula is C19H20N2O4. The molecule has 130 valence electrons. The molecule has 2 aromatic carbocycles. The van der Waals surface area contributed by atoms with E-state index in [1.54, 1.807) is 42.9 Å². The van der Waals surface area contributed by atoms with E-state index in [9.17, 15) is 9.59 Å².